The van der Waals surface area contributed by atoms with Crippen molar-refractivity contribution in [2.75, 3.05) is 0 Å². The number of hydrogen-bond donors (Lipinski definition) is 2. The minimum Gasteiger partial charge on any atom is -0.502 e. The van der Waals surface area contributed by atoms with Crippen molar-refractivity contribution in [3.63, 3.8) is 0 Å². The number of benzene rings is 1. The second kappa shape index (κ2) is 5.17. The molecule has 0 aliphatic heterocycles. The summed E-state index contributed by atoms with van der Waals surface area (Å²) in [5, 5.41) is 25.9. The molecule has 0 radical (unpaired) electrons. The van der Waals surface area contributed by atoms with Crippen LogP contribution in [0.1, 0.15) is 16.1 Å². The van der Waals surface area contributed by atoms with Gasteiger partial charge in [0.15, 0.2) is 11.5 Å². The van der Waals surface area contributed by atoms with Crippen LogP contribution in [0.25, 0.3) is 0 Å². The van der Waals surface area contributed by atoms with Crippen LogP contribution in [0.5, 0.6) is 5.75 Å². The topological polar surface area (TPSA) is 119 Å². The van der Waals surface area contributed by atoms with E-state index in [9.17, 15) is 20.0 Å². The summed E-state index contributed by atoms with van der Waals surface area (Å²) in [5.74, 6) is -0.571. The van der Waals surface area contributed by atoms with Crippen LogP contribution in [0.4, 0.5) is 5.69 Å². The van der Waals surface area contributed by atoms with Gasteiger partial charge in [-0.15, -0.1) is 0 Å². The Kier molecular flexibility index (Phi) is 3.42. The Bertz CT molecular complexity index is 609. The van der Waals surface area contributed by atoms with Gasteiger partial charge in [0.05, 0.1) is 17.7 Å². The predicted molar refractivity (Wildman–Crippen MR) is 62.4 cm³/mol. The number of hydrogen-bond acceptors (Lipinski definition) is 6. The molecule has 19 heavy (non-hydrogen) atoms. The first-order valence-electron chi connectivity index (χ1n) is 5.23. The molecule has 2 aromatic rings. The second-order valence-corrected chi connectivity index (χ2v) is 3.62. The number of aromatic nitrogens is 1. The molecule has 0 atom stereocenters. The number of amides is 1. The van der Waals surface area contributed by atoms with Gasteiger partial charge in [-0.2, -0.15) is 0 Å². The Morgan fingerprint density at radius 1 is 1.47 bits per heavy atom. The van der Waals surface area contributed by atoms with Gasteiger partial charge in [-0.25, -0.2) is 0 Å². The highest BCUT2D eigenvalue weighted by atomic mass is 16.6. The number of nitro groups is 1. The second-order valence-electron chi connectivity index (χ2n) is 3.62. The molecule has 8 heteroatoms. The smallest absolute Gasteiger partial charge is 0.310 e. The molecular formula is C11H9N3O5. The van der Waals surface area contributed by atoms with Gasteiger partial charge < -0.3 is 14.9 Å². The number of phenolic OH excluding ortho intramolecular Hbond substituents is 1. The van der Waals surface area contributed by atoms with E-state index in [1.54, 1.807) is 6.07 Å². The van der Waals surface area contributed by atoms with Gasteiger partial charge in [-0.05, 0) is 12.1 Å². The SMILES string of the molecule is O=C(NCc1ccno1)c1ccc([N+](=O)[O-])c(O)c1. The van der Waals surface area contributed by atoms with Crippen molar-refractivity contribution in [2.45, 2.75) is 6.54 Å². The monoisotopic (exact) mass is 263 g/mol. The van der Waals surface area contributed by atoms with Gasteiger partial charge in [-0.1, -0.05) is 5.16 Å². The summed E-state index contributed by atoms with van der Waals surface area (Å²) in [6.45, 7) is 0.135. The molecule has 98 valence electrons. The average Bonchev–Trinajstić information content (AvgIpc) is 2.88. The van der Waals surface area contributed by atoms with Gasteiger partial charge in [0.1, 0.15) is 0 Å². The van der Waals surface area contributed by atoms with Crippen molar-refractivity contribution in [3.05, 3.63) is 51.9 Å². The molecular weight excluding hydrogens is 254 g/mol. The van der Waals surface area contributed by atoms with Gasteiger partial charge >= 0.3 is 5.69 Å². The first-order chi connectivity index (χ1) is 9.08. The zero-order valence-corrected chi connectivity index (χ0v) is 9.57. The lowest BCUT2D eigenvalue weighted by atomic mass is 10.2. The maximum atomic E-state index is 11.7. The molecule has 1 aromatic heterocycles. The van der Waals surface area contributed by atoms with Crippen molar-refractivity contribution in [1.29, 1.82) is 0 Å². The maximum absolute atomic E-state index is 11.7. The Morgan fingerprint density at radius 3 is 2.84 bits per heavy atom. The van der Waals surface area contributed by atoms with Crippen molar-refractivity contribution in [1.82, 2.24) is 10.5 Å². The molecule has 1 amide bonds. The quantitative estimate of drug-likeness (QED) is 0.632. The Balaban J connectivity index is 2.07. The molecule has 2 rings (SSSR count). The van der Waals surface area contributed by atoms with Crippen LogP contribution >= 0.6 is 0 Å². The average molecular weight is 263 g/mol. The number of nitrogens with zero attached hydrogens (tertiary/aromatic N) is 2. The predicted octanol–water partition coefficient (Wildman–Crippen LogP) is 1.22. The van der Waals surface area contributed by atoms with E-state index < -0.39 is 22.3 Å². The zero-order valence-electron chi connectivity index (χ0n) is 9.57. The van der Waals surface area contributed by atoms with Crippen molar-refractivity contribution in [3.8, 4) is 5.75 Å². The number of carbonyl (C=O) groups is 1. The van der Waals surface area contributed by atoms with Crippen molar-refractivity contribution in [2.24, 2.45) is 0 Å². The highest BCUT2D eigenvalue weighted by Gasteiger charge is 2.16. The largest absolute Gasteiger partial charge is 0.502 e. The Morgan fingerprint density at radius 2 is 2.26 bits per heavy atom. The molecule has 0 unspecified atom stereocenters. The number of phenols is 1. The summed E-state index contributed by atoms with van der Waals surface area (Å²) in [6.07, 6.45) is 1.44. The summed E-state index contributed by atoms with van der Waals surface area (Å²) in [7, 11) is 0. The number of nitro benzene ring substituents is 1. The highest BCUT2D eigenvalue weighted by molar-refractivity contribution is 5.94. The molecule has 0 aliphatic carbocycles. The molecule has 0 spiro atoms. The summed E-state index contributed by atoms with van der Waals surface area (Å²) < 4.78 is 4.79. The molecule has 0 saturated heterocycles. The standard InChI is InChI=1S/C11H9N3O5/c15-10-5-7(1-2-9(10)14(17)18)11(16)12-6-8-3-4-13-19-8/h1-5,15H,6H2,(H,12,16). The van der Waals surface area contributed by atoms with Crippen LogP contribution < -0.4 is 5.32 Å². The molecule has 0 bridgehead atoms. The fourth-order valence-corrected chi connectivity index (χ4v) is 1.42. The third-order valence-corrected chi connectivity index (χ3v) is 2.35. The van der Waals surface area contributed by atoms with Gasteiger partial charge in [0.2, 0.25) is 0 Å². The fourth-order valence-electron chi connectivity index (χ4n) is 1.42. The third-order valence-electron chi connectivity index (χ3n) is 2.35. The molecule has 1 aromatic carbocycles. The number of carbonyl (C=O) groups excluding carboxylic acids is 1. The lowest BCUT2D eigenvalue weighted by Gasteiger charge is -2.03. The maximum Gasteiger partial charge on any atom is 0.310 e. The lowest BCUT2D eigenvalue weighted by molar-refractivity contribution is -0.385. The van der Waals surface area contributed by atoms with E-state index in [-0.39, 0.29) is 12.1 Å². The summed E-state index contributed by atoms with van der Waals surface area (Å²) in [6, 6.07) is 4.95. The van der Waals surface area contributed by atoms with Crippen LogP contribution in [0.3, 0.4) is 0 Å². The molecule has 2 N–H and O–H groups in total. The lowest BCUT2D eigenvalue weighted by Crippen LogP contribution is -2.22. The van der Waals surface area contributed by atoms with E-state index in [1.165, 1.54) is 12.3 Å². The van der Waals surface area contributed by atoms with Crippen LogP contribution in [-0.4, -0.2) is 21.1 Å². The molecule has 0 fully saturated rings. The fraction of sp³-hybridized carbons (Fsp3) is 0.0909. The van der Waals surface area contributed by atoms with Crippen molar-refractivity contribution < 1.29 is 19.3 Å². The van der Waals surface area contributed by atoms with Crippen LogP contribution in [-0.2, 0) is 6.54 Å². The van der Waals surface area contributed by atoms with E-state index in [1.807, 2.05) is 0 Å². The van der Waals surface area contributed by atoms with Gasteiger partial charge in [0, 0.05) is 17.7 Å². The van der Waals surface area contributed by atoms with Gasteiger partial charge in [0.25, 0.3) is 5.91 Å². The van der Waals surface area contributed by atoms with Crippen LogP contribution in [0.15, 0.2) is 35.0 Å². The van der Waals surface area contributed by atoms with E-state index in [2.05, 4.69) is 10.5 Å². The molecule has 0 aliphatic rings. The van der Waals surface area contributed by atoms with Gasteiger partial charge in [-0.3, -0.25) is 14.9 Å². The third kappa shape index (κ3) is 2.86. The summed E-state index contributed by atoms with van der Waals surface area (Å²) in [4.78, 5) is 21.5. The van der Waals surface area contributed by atoms with E-state index in [0.29, 0.717) is 5.76 Å². The summed E-state index contributed by atoms with van der Waals surface area (Å²) >= 11 is 0. The number of aromatic hydroxyl groups is 1. The normalized spacial score (nSPS) is 10.1. The van der Waals surface area contributed by atoms with E-state index >= 15 is 0 Å². The molecule has 0 saturated carbocycles. The van der Waals surface area contributed by atoms with Crippen LogP contribution in [0, 0.1) is 10.1 Å². The Labute approximate surface area is 106 Å². The van der Waals surface area contributed by atoms with Crippen LogP contribution in [0.2, 0.25) is 0 Å². The molecule has 8 nitrogen and oxygen atoms in total. The minimum atomic E-state index is -0.731. The first kappa shape index (κ1) is 12.6. The van der Waals surface area contributed by atoms with Crippen molar-refractivity contribution >= 4 is 11.6 Å². The minimum absolute atomic E-state index is 0.114. The van der Waals surface area contributed by atoms with E-state index in [4.69, 9.17) is 4.52 Å². The zero-order chi connectivity index (χ0) is 13.8. The number of rotatable bonds is 4. The molecule has 1 heterocycles. The Hall–Kier alpha value is -2.90. The number of nitrogens with one attached hydrogen (secondary N) is 1. The summed E-state index contributed by atoms with van der Waals surface area (Å²) in [5.41, 5.74) is -0.339. The van der Waals surface area contributed by atoms with E-state index in [0.717, 1.165) is 12.1 Å². The first-order valence-corrected chi connectivity index (χ1v) is 5.23. The highest BCUT2D eigenvalue weighted by Crippen LogP contribution is 2.26.